The van der Waals surface area contributed by atoms with Crippen LogP contribution in [0.15, 0.2) is 18.3 Å². The van der Waals surface area contributed by atoms with Crippen molar-refractivity contribution in [3.63, 3.8) is 0 Å². The lowest BCUT2D eigenvalue weighted by atomic mass is 10.3. The molecule has 0 radical (unpaired) electrons. The number of fused-ring (bicyclic) bond motifs is 1. The van der Waals surface area contributed by atoms with Gasteiger partial charge in [-0.2, -0.15) is 0 Å². The average molecular weight is 150 g/mol. The van der Waals surface area contributed by atoms with E-state index in [-0.39, 0.29) is 6.61 Å². The molecule has 3 nitrogen and oxygen atoms in total. The van der Waals surface area contributed by atoms with E-state index in [0.29, 0.717) is 6.42 Å². The lowest BCUT2D eigenvalue weighted by molar-refractivity contribution is 0.298. The van der Waals surface area contributed by atoms with Gasteiger partial charge < -0.3 is 15.1 Å². The van der Waals surface area contributed by atoms with Crippen molar-refractivity contribution in [3.8, 4) is 0 Å². The summed E-state index contributed by atoms with van der Waals surface area (Å²) < 4.78 is 0. The molecular weight excluding hydrogens is 140 g/mol. The summed E-state index contributed by atoms with van der Waals surface area (Å²) in [6.07, 6.45) is 2.59. The zero-order valence-electron chi connectivity index (χ0n) is 6.09. The maximum atomic E-state index is 8.65. The van der Waals surface area contributed by atoms with Crippen molar-refractivity contribution < 1.29 is 5.11 Å². The topological polar surface area (TPSA) is 51.8 Å². The van der Waals surface area contributed by atoms with Gasteiger partial charge in [-0.05, 0) is 12.1 Å². The van der Waals surface area contributed by atoms with E-state index in [4.69, 9.17) is 5.11 Å². The number of aromatic nitrogens is 2. The number of aliphatic hydroxyl groups excluding tert-OH is 1. The van der Waals surface area contributed by atoms with Crippen molar-refractivity contribution in [3.05, 3.63) is 24.0 Å². The molecule has 0 aliphatic heterocycles. The van der Waals surface area contributed by atoms with Gasteiger partial charge in [0.15, 0.2) is 0 Å². The second kappa shape index (κ2) is 2.43. The van der Waals surface area contributed by atoms with Gasteiger partial charge in [0.25, 0.3) is 0 Å². The lowest BCUT2D eigenvalue weighted by Crippen LogP contribution is -1.89. The number of nitrogens with one attached hydrogen (secondary N) is 2. The SMILES string of the molecule is OCCc1cc2[nH]ccc2[nH]1. The summed E-state index contributed by atoms with van der Waals surface area (Å²) in [7, 11) is 0. The quantitative estimate of drug-likeness (QED) is 0.588. The summed E-state index contributed by atoms with van der Waals surface area (Å²) >= 11 is 0. The van der Waals surface area contributed by atoms with Crippen LogP contribution in [0.4, 0.5) is 0 Å². The highest BCUT2D eigenvalue weighted by Gasteiger charge is 1.98. The van der Waals surface area contributed by atoms with Crippen molar-refractivity contribution in [1.29, 1.82) is 0 Å². The van der Waals surface area contributed by atoms with Crippen LogP contribution >= 0.6 is 0 Å². The number of rotatable bonds is 2. The maximum Gasteiger partial charge on any atom is 0.0636 e. The molecule has 2 aromatic heterocycles. The Bertz CT molecular complexity index is 319. The third kappa shape index (κ3) is 1.03. The molecule has 0 atom stereocenters. The molecule has 2 rings (SSSR count). The number of H-pyrrole nitrogens is 2. The fraction of sp³-hybridized carbons (Fsp3) is 0.250. The van der Waals surface area contributed by atoms with Crippen LogP contribution in [0.25, 0.3) is 11.0 Å². The normalized spacial score (nSPS) is 11.0. The predicted octanol–water partition coefficient (Wildman–Crippen LogP) is 1.03. The Balaban J connectivity index is 2.42. The predicted molar refractivity (Wildman–Crippen MR) is 43.4 cm³/mol. The van der Waals surface area contributed by atoms with Crippen LogP contribution in [0.2, 0.25) is 0 Å². The van der Waals surface area contributed by atoms with Crippen LogP contribution < -0.4 is 0 Å². The first-order chi connectivity index (χ1) is 5.40. The Morgan fingerprint density at radius 3 is 3.00 bits per heavy atom. The van der Waals surface area contributed by atoms with Gasteiger partial charge in [-0.25, -0.2) is 0 Å². The number of hydrogen-bond donors (Lipinski definition) is 3. The Labute approximate surface area is 64.1 Å². The number of hydrogen-bond acceptors (Lipinski definition) is 1. The molecule has 11 heavy (non-hydrogen) atoms. The summed E-state index contributed by atoms with van der Waals surface area (Å²) in [5, 5.41) is 8.65. The van der Waals surface area contributed by atoms with Gasteiger partial charge in [0.1, 0.15) is 0 Å². The minimum absolute atomic E-state index is 0.198. The highest BCUT2D eigenvalue weighted by atomic mass is 16.3. The van der Waals surface area contributed by atoms with Crippen LogP contribution in [-0.2, 0) is 6.42 Å². The molecule has 0 unspecified atom stereocenters. The summed E-state index contributed by atoms with van der Waals surface area (Å²) in [5.74, 6) is 0. The Morgan fingerprint density at radius 1 is 1.36 bits per heavy atom. The molecule has 0 aliphatic rings. The third-order valence-corrected chi connectivity index (χ3v) is 1.77. The smallest absolute Gasteiger partial charge is 0.0636 e. The van der Waals surface area contributed by atoms with E-state index >= 15 is 0 Å². The molecule has 2 aromatic rings. The lowest BCUT2D eigenvalue weighted by Gasteiger charge is -1.88. The zero-order chi connectivity index (χ0) is 7.68. The van der Waals surface area contributed by atoms with Crippen LogP contribution in [-0.4, -0.2) is 21.7 Å². The molecule has 0 spiro atoms. The van der Waals surface area contributed by atoms with Gasteiger partial charge in [-0.15, -0.1) is 0 Å². The van der Waals surface area contributed by atoms with Crippen LogP contribution in [0.1, 0.15) is 5.69 Å². The molecule has 3 heteroatoms. The number of aromatic amines is 2. The van der Waals surface area contributed by atoms with Crippen LogP contribution in [0.3, 0.4) is 0 Å². The largest absolute Gasteiger partial charge is 0.396 e. The second-order valence-corrected chi connectivity index (χ2v) is 2.57. The van der Waals surface area contributed by atoms with Crippen molar-refractivity contribution in [2.24, 2.45) is 0 Å². The summed E-state index contributed by atoms with van der Waals surface area (Å²) in [6, 6.07) is 4.00. The molecule has 58 valence electrons. The van der Waals surface area contributed by atoms with E-state index in [1.807, 2.05) is 18.3 Å². The fourth-order valence-corrected chi connectivity index (χ4v) is 1.25. The number of aliphatic hydroxyl groups is 1. The Morgan fingerprint density at radius 2 is 2.27 bits per heavy atom. The van der Waals surface area contributed by atoms with E-state index < -0.39 is 0 Å². The molecule has 0 aromatic carbocycles. The van der Waals surface area contributed by atoms with Crippen molar-refractivity contribution in [1.82, 2.24) is 9.97 Å². The third-order valence-electron chi connectivity index (χ3n) is 1.77. The van der Waals surface area contributed by atoms with Crippen molar-refractivity contribution in [2.45, 2.75) is 6.42 Å². The van der Waals surface area contributed by atoms with Crippen molar-refractivity contribution >= 4 is 11.0 Å². The molecule has 0 saturated heterocycles. The standard InChI is InChI=1S/C8H10N2O/c11-4-2-6-5-8-7(10-6)1-3-9-8/h1,3,5,9-11H,2,4H2. The summed E-state index contributed by atoms with van der Waals surface area (Å²) in [5.41, 5.74) is 3.29. The highest BCUT2D eigenvalue weighted by molar-refractivity contribution is 5.76. The second-order valence-electron chi connectivity index (χ2n) is 2.57. The van der Waals surface area contributed by atoms with E-state index in [9.17, 15) is 0 Å². The van der Waals surface area contributed by atoms with Gasteiger partial charge in [0, 0.05) is 24.9 Å². The maximum absolute atomic E-state index is 8.65. The van der Waals surface area contributed by atoms with Crippen molar-refractivity contribution in [2.75, 3.05) is 6.61 Å². The van der Waals surface area contributed by atoms with Gasteiger partial charge >= 0.3 is 0 Å². The Hall–Kier alpha value is -1.22. The molecule has 0 saturated carbocycles. The van der Waals surface area contributed by atoms with Gasteiger partial charge in [0.2, 0.25) is 0 Å². The molecule has 3 N–H and O–H groups in total. The average Bonchev–Trinajstić information content (AvgIpc) is 2.46. The fourth-order valence-electron chi connectivity index (χ4n) is 1.25. The monoisotopic (exact) mass is 150 g/mol. The minimum Gasteiger partial charge on any atom is -0.396 e. The zero-order valence-corrected chi connectivity index (χ0v) is 6.09. The molecule has 0 aliphatic carbocycles. The van der Waals surface area contributed by atoms with E-state index in [0.717, 1.165) is 16.7 Å². The first-order valence-corrected chi connectivity index (χ1v) is 3.66. The van der Waals surface area contributed by atoms with E-state index in [1.54, 1.807) is 0 Å². The van der Waals surface area contributed by atoms with Crippen LogP contribution in [0.5, 0.6) is 0 Å². The first-order valence-electron chi connectivity index (χ1n) is 3.66. The minimum atomic E-state index is 0.198. The molecular formula is C8H10N2O. The molecule has 2 heterocycles. The van der Waals surface area contributed by atoms with E-state index in [2.05, 4.69) is 9.97 Å². The summed E-state index contributed by atoms with van der Waals surface area (Å²) in [4.78, 5) is 6.27. The molecule has 0 fully saturated rings. The first kappa shape index (κ1) is 6.49. The van der Waals surface area contributed by atoms with Gasteiger partial charge in [-0.1, -0.05) is 0 Å². The molecule has 0 bridgehead atoms. The van der Waals surface area contributed by atoms with Gasteiger partial charge in [-0.3, -0.25) is 0 Å². The van der Waals surface area contributed by atoms with Crippen LogP contribution in [0, 0.1) is 0 Å². The van der Waals surface area contributed by atoms with Gasteiger partial charge in [0.05, 0.1) is 11.0 Å². The Kier molecular flexibility index (Phi) is 1.43. The molecule has 0 amide bonds. The highest BCUT2D eigenvalue weighted by Crippen LogP contribution is 2.12. The summed E-state index contributed by atoms with van der Waals surface area (Å²) in [6.45, 7) is 0.198. The van der Waals surface area contributed by atoms with E-state index in [1.165, 1.54) is 0 Å².